The molecule has 3 fully saturated rings. The van der Waals surface area contributed by atoms with E-state index in [1.165, 1.54) is 5.69 Å². The normalized spacial score (nSPS) is 26.9. The van der Waals surface area contributed by atoms with Crippen molar-refractivity contribution in [1.82, 2.24) is 14.5 Å². The summed E-state index contributed by atoms with van der Waals surface area (Å²) in [6.45, 7) is 5.46. The van der Waals surface area contributed by atoms with Crippen LogP contribution in [0.1, 0.15) is 46.9 Å². The van der Waals surface area contributed by atoms with Crippen molar-refractivity contribution in [3.05, 3.63) is 57.8 Å². The minimum atomic E-state index is -0.250. The molecular formula is C25H30N4O5. The molecule has 180 valence electrons. The first kappa shape index (κ1) is 22.6. The smallest absolute Gasteiger partial charge is 0.290 e. The molecule has 0 spiro atoms. The summed E-state index contributed by atoms with van der Waals surface area (Å²) in [6, 6.07) is 7.99. The Morgan fingerprint density at radius 1 is 1.12 bits per heavy atom. The fourth-order valence-corrected chi connectivity index (χ4v) is 6.00. The van der Waals surface area contributed by atoms with Gasteiger partial charge in [0.1, 0.15) is 5.56 Å². The number of nitrogens with zero attached hydrogens (tertiary/aromatic N) is 4. The van der Waals surface area contributed by atoms with E-state index < -0.39 is 0 Å². The van der Waals surface area contributed by atoms with E-state index in [1.807, 2.05) is 28.7 Å². The maximum absolute atomic E-state index is 13.4. The lowest BCUT2D eigenvalue weighted by molar-refractivity contribution is -0.122. The van der Waals surface area contributed by atoms with Crippen molar-refractivity contribution in [2.45, 2.75) is 50.9 Å². The summed E-state index contributed by atoms with van der Waals surface area (Å²) in [6.07, 6.45) is 5.24. The molecule has 4 aliphatic rings. The van der Waals surface area contributed by atoms with Gasteiger partial charge >= 0.3 is 0 Å². The van der Waals surface area contributed by atoms with Crippen LogP contribution in [0, 0.1) is 12.8 Å². The number of likely N-dealkylation sites (tertiary alicyclic amines) is 1. The molecule has 2 aromatic heterocycles. The molecule has 0 unspecified atom stereocenters. The summed E-state index contributed by atoms with van der Waals surface area (Å²) >= 11 is 0. The van der Waals surface area contributed by atoms with Crippen LogP contribution < -0.4 is 10.5 Å². The number of carbonyl (C=O) groups excluding carboxylic acids is 1. The molecule has 0 aromatic carbocycles. The fourth-order valence-electron chi connectivity index (χ4n) is 6.00. The largest absolute Gasteiger partial charge is 0.483 e. The Labute approximate surface area is 198 Å². The number of morpholine rings is 1. The number of aryl methyl sites for hydroxylation is 1. The van der Waals surface area contributed by atoms with E-state index in [0.29, 0.717) is 37.0 Å². The molecule has 1 N–H and O–H groups in total. The van der Waals surface area contributed by atoms with Gasteiger partial charge in [0.2, 0.25) is 0 Å². The van der Waals surface area contributed by atoms with Crippen LogP contribution in [0.4, 0.5) is 5.69 Å². The van der Waals surface area contributed by atoms with Gasteiger partial charge in [0.05, 0.1) is 12.2 Å². The van der Waals surface area contributed by atoms with Gasteiger partial charge in [-0.15, -0.1) is 0 Å². The summed E-state index contributed by atoms with van der Waals surface area (Å²) in [7, 11) is 0. The maximum Gasteiger partial charge on any atom is 0.290 e. The molecule has 6 rings (SSSR count). The van der Waals surface area contributed by atoms with Gasteiger partial charge in [-0.05, 0) is 56.4 Å². The number of amides is 1. The zero-order valence-corrected chi connectivity index (χ0v) is 19.3. The summed E-state index contributed by atoms with van der Waals surface area (Å²) < 4.78 is 7.74. The zero-order chi connectivity index (χ0) is 23.8. The molecule has 4 bridgehead atoms. The van der Waals surface area contributed by atoms with Crippen LogP contribution >= 0.6 is 0 Å². The zero-order valence-electron chi connectivity index (χ0n) is 19.3. The summed E-state index contributed by atoms with van der Waals surface area (Å²) in [5.74, 6) is 0.573. The number of piperidine rings is 1. The molecule has 3 saturated heterocycles. The maximum atomic E-state index is 13.4. The number of aromatic nitrogens is 2. The van der Waals surface area contributed by atoms with E-state index in [2.05, 4.69) is 22.0 Å². The second kappa shape index (κ2) is 9.21. The highest BCUT2D eigenvalue weighted by Gasteiger charge is 2.38. The van der Waals surface area contributed by atoms with Crippen molar-refractivity contribution in [3.63, 3.8) is 0 Å². The molecule has 0 aliphatic carbocycles. The first-order valence-electron chi connectivity index (χ1n) is 11.9. The number of hydrogen-bond donors (Lipinski definition) is 1. The van der Waals surface area contributed by atoms with Gasteiger partial charge in [-0.25, -0.2) is 0 Å². The van der Waals surface area contributed by atoms with Crippen molar-refractivity contribution in [2.75, 3.05) is 31.1 Å². The molecule has 2 aromatic rings. The number of ether oxygens (including phenoxy) is 1. The molecule has 1 amide bonds. The average Bonchev–Trinajstić information content (AvgIpc) is 3.17. The standard InChI is InChI=1S/C24H28N4O3.CH2O2/c1-15-8-18(6-7-25-15)26-10-16-9-17(12-26)22-5-4-21(24(30)28(22)11-16)23(29)27-13-19-2-3-20(14-27)31-19;2-1-3/h4-8,16-17,19-20H,2-3,9-14H2,1H3;1H,(H,2,3)/t16-,17+,19-,20+;/m0./s1. The second-order valence-electron chi connectivity index (χ2n) is 9.72. The quantitative estimate of drug-likeness (QED) is 0.674. The van der Waals surface area contributed by atoms with Crippen molar-refractivity contribution < 1.29 is 19.4 Å². The SMILES string of the molecule is Cc1cc(N2C[C@@H]3C[C@H](C2)c2ccc(C(=O)N4C[C@H]5CC[C@@H](C4)O5)c(=O)n2C3)ccn1.O=CO. The van der Waals surface area contributed by atoms with Crippen LogP contribution in [-0.2, 0) is 16.1 Å². The number of hydrogen-bond acceptors (Lipinski definition) is 6. The Morgan fingerprint density at radius 2 is 1.85 bits per heavy atom. The molecule has 4 aliphatic heterocycles. The fraction of sp³-hybridized carbons (Fsp3) is 0.520. The van der Waals surface area contributed by atoms with E-state index in [9.17, 15) is 9.59 Å². The van der Waals surface area contributed by atoms with Gasteiger partial charge in [0.15, 0.2) is 0 Å². The Bertz CT molecular complexity index is 1140. The van der Waals surface area contributed by atoms with Gasteiger partial charge in [0.25, 0.3) is 17.9 Å². The lowest BCUT2D eigenvalue weighted by atomic mass is 9.82. The Hall–Kier alpha value is -3.20. The van der Waals surface area contributed by atoms with E-state index in [4.69, 9.17) is 14.6 Å². The number of carboxylic acid groups (broad SMARTS) is 1. The lowest BCUT2D eigenvalue weighted by Gasteiger charge is -2.44. The lowest BCUT2D eigenvalue weighted by Crippen LogP contribution is -2.50. The summed E-state index contributed by atoms with van der Waals surface area (Å²) in [4.78, 5) is 43.5. The summed E-state index contributed by atoms with van der Waals surface area (Å²) in [5, 5.41) is 6.89. The number of pyridine rings is 2. The Balaban J connectivity index is 0.000000764. The molecule has 34 heavy (non-hydrogen) atoms. The number of fused-ring (bicyclic) bond motifs is 6. The van der Waals surface area contributed by atoms with E-state index in [0.717, 1.165) is 43.7 Å². The van der Waals surface area contributed by atoms with Crippen molar-refractivity contribution in [3.8, 4) is 0 Å². The van der Waals surface area contributed by atoms with Crippen LogP contribution in [0.2, 0.25) is 0 Å². The number of rotatable bonds is 2. The van der Waals surface area contributed by atoms with Crippen LogP contribution in [0.3, 0.4) is 0 Å². The van der Waals surface area contributed by atoms with Gasteiger partial charge in [0, 0.05) is 61.9 Å². The van der Waals surface area contributed by atoms with E-state index >= 15 is 0 Å². The molecule has 6 heterocycles. The van der Waals surface area contributed by atoms with Gasteiger partial charge in [-0.2, -0.15) is 0 Å². The third-order valence-corrected chi connectivity index (χ3v) is 7.41. The van der Waals surface area contributed by atoms with Crippen LogP contribution in [0.25, 0.3) is 0 Å². The Kier molecular flexibility index (Phi) is 6.12. The van der Waals surface area contributed by atoms with E-state index in [1.54, 1.807) is 6.07 Å². The van der Waals surface area contributed by atoms with Crippen molar-refractivity contribution in [1.29, 1.82) is 0 Å². The molecular weight excluding hydrogens is 436 g/mol. The predicted octanol–water partition coefficient (Wildman–Crippen LogP) is 1.88. The first-order valence-corrected chi connectivity index (χ1v) is 11.9. The number of carbonyl (C=O) groups is 2. The predicted molar refractivity (Wildman–Crippen MR) is 125 cm³/mol. The highest BCUT2D eigenvalue weighted by atomic mass is 16.5. The van der Waals surface area contributed by atoms with Crippen molar-refractivity contribution in [2.24, 2.45) is 5.92 Å². The molecule has 0 radical (unpaired) electrons. The first-order chi connectivity index (χ1) is 16.5. The minimum Gasteiger partial charge on any atom is -0.483 e. The van der Waals surface area contributed by atoms with Crippen LogP contribution in [-0.4, -0.2) is 70.3 Å². The minimum absolute atomic E-state index is 0.121. The molecule has 9 nitrogen and oxygen atoms in total. The van der Waals surface area contributed by atoms with Crippen LogP contribution in [0.15, 0.2) is 35.3 Å². The summed E-state index contributed by atoms with van der Waals surface area (Å²) in [5.41, 5.74) is 3.47. The van der Waals surface area contributed by atoms with Gasteiger partial charge in [-0.3, -0.25) is 19.4 Å². The molecule has 9 heteroatoms. The van der Waals surface area contributed by atoms with Crippen molar-refractivity contribution >= 4 is 18.1 Å². The third kappa shape index (κ3) is 4.20. The van der Waals surface area contributed by atoms with E-state index in [-0.39, 0.29) is 30.1 Å². The molecule has 0 saturated carbocycles. The highest BCUT2D eigenvalue weighted by molar-refractivity contribution is 5.94. The topological polar surface area (TPSA) is 105 Å². The monoisotopic (exact) mass is 466 g/mol. The highest BCUT2D eigenvalue weighted by Crippen LogP contribution is 2.37. The molecule has 4 atom stereocenters. The average molecular weight is 467 g/mol. The second-order valence-corrected chi connectivity index (χ2v) is 9.72. The van der Waals surface area contributed by atoms with Gasteiger partial charge in [-0.1, -0.05) is 0 Å². The van der Waals surface area contributed by atoms with Crippen LogP contribution in [0.5, 0.6) is 0 Å². The van der Waals surface area contributed by atoms with Gasteiger partial charge < -0.3 is 24.2 Å². The Morgan fingerprint density at radius 3 is 2.56 bits per heavy atom. The third-order valence-electron chi connectivity index (χ3n) is 7.41. The number of anilines is 1.